The van der Waals surface area contributed by atoms with Gasteiger partial charge in [-0.2, -0.15) is 5.26 Å². The van der Waals surface area contributed by atoms with Gasteiger partial charge in [0.05, 0.1) is 11.6 Å². The lowest BCUT2D eigenvalue weighted by Crippen LogP contribution is -1.87. The normalized spacial score (nSPS) is 11.1. The van der Waals surface area contributed by atoms with E-state index in [4.69, 9.17) is 0 Å². The first kappa shape index (κ1) is 22.0. The zero-order valence-corrected chi connectivity index (χ0v) is 20.7. The molecule has 7 rings (SSSR count). The van der Waals surface area contributed by atoms with Gasteiger partial charge < -0.3 is 0 Å². The second-order valence-corrected chi connectivity index (χ2v) is 9.70. The summed E-state index contributed by atoms with van der Waals surface area (Å²) in [6, 6.07) is 51.6. The summed E-state index contributed by atoms with van der Waals surface area (Å²) in [7, 11) is 0. The molecule has 38 heavy (non-hydrogen) atoms. The third-order valence-electron chi connectivity index (χ3n) is 7.48. The number of benzene rings is 7. The molecule has 0 aliphatic carbocycles. The van der Waals surface area contributed by atoms with Crippen molar-refractivity contribution in [1.29, 1.82) is 5.26 Å². The molecule has 0 saturated heterocycles. The highest BCUT2D eigenvalue weighted by Gasteiger charge is 2.11. The molecule has 0 amide bonds. The van der Waals surface area contributed by atoms with Crippen molar-refractivity contribution in [2.75, 3.05) is 0 Å². The first-order valence-electron chi connectivity index (χ1n) is 12.8. The Morgan fingerprint density at radius 3 is 1.58 bits per heavy atom. The molecule has 176 valence electrons. The van der Waals surface area contributed by atoms with Gasteiger partial charge in [0.15, 0.2) is 0 Å². The summed E-state index contributed by atoms with van der Waals surface area (Å²) < 4.78 is 0. The Morgan fingerprint density at radius 2 is 0.895 bits per heavy atom. The largest absolute Gasteiger partial charge is 0.192 e. The van der Waals surface area contributed by atoms with Gasteiger partial charge in [0.1, 0.15) is 0 Å². The van der Waals surface area contributed by atoms with E-state index in [1.807, 2.05) is 24.3 Å². The van der Waals surface area contributed by atoms with E-state index in [0.29, 0.717) is 5.56 Å². The Labute approximate surface area is 221 Å². The van der Waals surface area contributed by atoms with Crippen LogP contribution in [0.15, 0.2) is 140 Å². The highest BCUT2D eigenvalue weighted by atomic mass is 14.2. The monoisotopic (exact) mass is 481 g/mol. The number of fused-ring (bicyclic) bond motifs is 4. The van der Waals surface area contributed by atoms with Gasteiger partial charge in [0.2, 0.25) is 0 Å². The van der Waals surface area contributed by atoms with Crippen molar-refractivity contribution in [3.05, 3.63) is 145 Å². The molecule has 0 aromatic heterocycles. The first-order valence-corrected chi connectivity index (χ1v) is 12.8. The number of hydrogen-bond acceptors (Lipinski definition) is 1. The van der Waals surface area contributed by atoms with Crippen LogP contribution in [0.4, 0.5) is 0 Å². The number of hydrogen-bond donors (Lipinski definition) is 0. The summed E-state index contributed by atoms with van der Waals surface area (Å²) in [6.07, 6.45) is 0. The molecule has 0 saturated carbocycles. The molecular formula is C37H23N. The quantitative estimate of drug-likeness (QED) is 0.230. The lowest BCUT2D eigenvalue weighted by Gasteiger charge is -2.13. The van der Waals surface area contributed by atoms with Crippen LogP contribution in [0.1, 0.15) is 5.56 Å². The maximum absolute atomic E-state index is 9.17. The summed E-state index contributed by atoms with van der Waals surface area (Å²) in [6.45, 7) is 0. The second kappa shape index (κ2) is 9.04. The summed E-state index contributed by atoms with van der Waals surface area (Å²) in [5, 5.41) is 16.7. The predicted molar refractivity (Wildman–Crippen MR) is 160 cm³/mol. The van der Waals surface area contributed by atoms with E-state index >= 15 is 0 Å². The zero-order valence-electron chi connectivity index (χ0n) is 20.7. The number of nitrogens with zero attached hydrogens (tertiary/aromatic N) is 1. The standard InChI is InChI=1S/C37H23N/c38-24-25-13-15-26(16-14-25)32-8-3-4-9-33(32)30-19-17-28-22-31(20-18-27(28)21-30)37-23-29-7-1-2-10-34(29)35-11-5-6-12-36(35)37/h1-23H. The summed E-state index contributed by atoms with van der Waals surface area (Å²) in [5.41, 5.74) is 7.80. The van der Waals surface area contributed by atoms with Crippen molar-refractivity contribution in [3.8, 4) is 39.4 Å². The number of rotatable bonds is 3. The van der Waals surface area contributed by atoms with Gasteiger partial charge in [-0.15, -0.1) is 0 Å². The topological polar surface area (TPSA) is 23.8 Å². The molecule has 0 fully saturated rings. The average Bonchev–Trinajstić information content (AvgIpc) is 3.00. The molecule has 0 aliphatic rings. The second-order valence-electron chi connectivity index (χ2n) is 9.70. The maximum Gasteiger partial charge on any atom is 0.0991 e. The Kier molecular flexibility index (Phi) is 5.24. The fourth-order valence-electron chi connectivity index (χ4n) is 5.58. The average molecular weight is 482 g/mol. The smallest absolute Gasteiger partial charge is 0.0991 e. The van der Waals surface area contributed by atoms with Gasteiger partial charge in [-0.1, -0.05) is 109 Å². The third kappa shape index (κ3) is 3.72. The van der Waals surface area contributed by atoms with Crippen molar-refractivity contribution < 1.29 is 0 Å². The minimum atomic E-state index is 0.673. The first-order chi connectivity index (χ1) is 18.8. The van der Waals surface area contributed by atoms with Gasteiger partial charge in [0.25, 0.3) is 0 Å². The van der Waals surface area contributed by atoms with Crippen molar-refractivity contribution in [1.82, 2.24) is 0 Å². The van der Waals surface area contributed by atoms with Crippen LogP contribution in [0.5, 0.6) is 0 Å². The van der Waals surface area contributed by atoms with Crippen LogP contribution < -0.4 is 0 Å². The van der Waals surface area contributed by atoms with Crippen molar-refractivity contribution in [3.63, 3.8) is 0 Å². The van der Waals surface area contributed by atoms with Gasteiger partial charge >= 0.3 is 0 Å². The Morgan fingerprint density at radius 1 is 0.368 bits per heavy atom. The molecule has 0 unspecified atom stereocenters. The molecule has 0 spiro atoms. The van der Waals surface area contributed by atoms with Crippen LogP contribution >= 0.6 is 0 Å². The van der Waals surface area contributed by atoms with Crippen molar-refractivity contribution >= 4 is 32.3 Å². The van der Waals surface area contributed by atoms with Gasteiger partial charge in [0, 0.05) is 0 Å². The third-order valence-corrected chi connectivity index (χ3v) is 7.48. The highest BCUT2D eigenvalue weighted by molar-refractivity contribution is 6.14. The fourth-order valence-corrected chi connectivity index (χ4v) is 5.58. The predicted octanol–water partition coefficient (Wildman–Crippen LogP) is 10.0. The van der Waals surface area contributed by atoms with Gasteiger partial charge in [-0.3, -0.25) is 0 Å². The molecule has 1 heteroatoms. The Hall–Kier alpha value is -5.19. The minimum absolute atomic E-state index is 0.673. The number of nitriles is 1. The van der Waals surface area contributed by atoms with E-state index in [1.54, 1.807) is 0 Å². The summed E-state index contributed by atoms with van der Waals surface area (Å²) >= 11 is 0. The van der Waals surface area contributed by atoms with E-state index in [0.717, 1.165) is 11.1 Å². The molecule has 7 aromatic carbocycles. The molecule has 0 radical (unpaired) electrons. The van der Waals surface area contributed by atoms with Gasteiger partial charge in [-0.25, -0.2) is 0 Å². The molecule has 0 heterocycles. The van der Waals surface area contributed by atoms with Gasteiger partial charge in [-0.05, 0) is 96.0 Å². The van der Waals surface area contributed by atoms with E-state index in [2.05, 4.69) is 121 Å². The zero-order chi connectivity index (χ0) is 25.5. The van der Waals surface area contributed by atoms with Crippen molar-refractivity contribution in [2.24, 2.45) is 0 Å². The van der Waals surface area contributed by atoms with Crippen molar-refractivity contribution in [2.45, 2.75) is 0 Å². The fraction of sp³-hybridized carbons (Fsp3) is 0. The van der Waals surface area contributed by atoms with E-state index in [-0.39, 0.29) is 0 Å². The van der Waals surface area contributed by atoms with Crippen LogP contribution in [0.3, 0.4) is 0 Å². The molecular weight excluding hydrogens is 458 g/mol. The van der Waals surface area contributed by atoms with Crippen LogP contribution in [-0.4, -0.2) is 0 Å². The Balaban J connectivity index is 1.34. The van der Waals surface area contributed by atoms with E-state index in [1.165, 1.54) is 54.6 Å². The molecule has 1 nitrogen and oxygen atoms in total. The minimum Gasteiger partial charge on any atom is -0.192 e. The molecule has 0 bridgehead atoms. The van der Waals surface area contributed by atoms with Crippen LogP contribution in [0.25, 0.3) is 65.7 Å². The highest BCUT2D eigenvalue weighted by Crippen LogP contribution is 2.38. The lowest BCUT2D eigenvalue weighted by atomic mass is 9.90. The molecule has 0 N–H and O–H groups in total. The molecule has 7 aromatic rings. The van der Waals surface area contributed by atoms with Crippen LogP contribution in [-0.2, 0) is 0 Å². The van der Waals surface area contributed by atoms with E-state index in [9.17, 15) is 5.26 Å². The lowest BCUT2D eigenvalue weighted by molar-refractivity contribution is 1.48. The summed E-state index contributed by atoms with van der Waals surface area (Å²) in [5.74, 6) is 0. The van der Waals surface area contributed by atoms with Crippen LogP contribution in [0, 0.1) is 11.3 Å². The molecule has 0 atom stereocenters. The van der Waals surface area contributed by atoms with Crippen LogP contribution in [0.2, 0.25) is 0 Å². The Bertz CT molecular complexity index is 2020. The maximum atomic E-state index is 9.17. The SMILES string of the molecule is N#Cc1ccc(-c2ccccc2-c2ccc3cc(-c4cc5ccccc5c5ccccc45)ccc3c2)cc1. The van der Waals surface area contributed by atoms with E-state index < -0.39 is 0 Å². The molecule has 0 aliphatic heterocycles. The summed E-state index contributed by atoms with van der Waals surface area (Å²) in [4.78, 5) is 0.